The Labute approximate surface area is 123 Å². The Hall–Kier alpha value is -1.06. The summed E-state index contributed by atoms with van der Waals surface area (Å²) in [5.41, 5.74) is 2.98. The van der Waals surface area contributed by atoms with Crippen LogP contribution in [-0.2, 0) is 6.42 Å². The molecule has 1 heterocycles. The summed E-state index contributed by atoms with van der Waals surface area (Å²) in [6, 6.07) is 6.96. The van der Waals surface area contributed by atoms with Crippen LogP contribution in [0.3, 0.4) is 0 Å². The van der Waals surface area contributed by atoms with E-state index in [4.69, 9.17) is 4.74 Å². The van der Waals surface area contributed by atoms with Gasteiger partial charge in [-0.1, -0.05) is 26.0 Å². The molecule has 0 saturated heterocycles. The minimum absolute atomic E-state index is 0.275. The van der Waals surface area contributed by atoms with Crippen molar-refractivity contribution in [3.05, 3.63) is 29.3 Å². The van der Waals surface area contributed by atoms with Crippen molar-refractivity contribution in [2.75, 3.05) is 33.8 Å². The topological polar surface area (TPSA) is 24.5 Å². The summed E-state index contributed by atoms with van der Waals surface area (Å²) in [6.45, 7) is 9.79. The summed E-state index contributed by atoms with van der Waals surface area (Å²) in [7, 11) is 4.26. The highest BCUT2D eigenvalue weighted by atomic mass is 16.5. The van der Waals surface area contributed by atoms with Gasteiger partial charge in [-0.2, -0.15) is 0 Å². The fourth-order valence-electron chi connectivity index (χ4n) is 2.94. The molecule has 3 nitrogen and oxygen atoms in total. The molecule has 0 bridgehead atoms. The van der Waals surface area contributed by atoms with E-state index in [-0.39, 0.29) is 5.41 Å². The van der Waals surface area contributed by atoms with Crippen LogP contribution in [-0.4, -0.2) is 38.7 Å². The van der Waals surface area contributed by atoms with Crippen LogP contribution >= 0.6 is 0 Å². The molecule has 1 N–H and O–H groups in total. The SMILES string of the molecule is CC(NCC(C)(C)CN(C)C)c1ccc2c(c1)CCO2. The Morgan fingerprint density at radius 2 is 2.10 bits per heavy atom. The normalized spacial score (nSPS) is 16.1. The summed E-state index contributed by atoms with van der Waals surface area (Å²) in [5.74, 6) is 1.06. The Morgan fingerprint density at radius 3 is 2.80 bits per heavy atom. The van der Waals surface area contributed by atoms with Gasteiger partial charge >= 0.3 is 0 Å². The predicted molar refractivity (Wildman–Crippen MR) is 84.4 cm³/mol. The van der Waals surface area contributed by atoms with E-state index in [1.165, 1.54) is 11.1 Å². The van der Waals surface area contributed by atoms with Crippen molar-refractivity contribution in [1.82, 2.24) is 10.2 Å². The van der Waals surface area contributed by atoms with Gasteiger partial charge in [-0.25, -0.2) is 0 Å². The molecule has 0 aromatic heterocycles. The number of nitrogens with one attached hydrogen (secondary N) is 1. The lowest BCUT2D eigenvalue weighted by atomic mass is 9.92. The Kier molecular flexibility index (Phi) is 4.71. The molecule has 20 heavy (non-hydrogen) atoms. The van der Waals surface area contributed by atoms with Crippen LogP contribution in [0.1, 0.15) is 37.9 Å². The number of nitrogens with zero attached hydrogens (tertiary/aromatic N) is 1. The number of fused-ring (bicyclic) bond motifs is 1. The largest absolute Gasteiger partial charge is 0.493 e. The molecule has 1 unspecified atom stereocenters. The van der Waals surface area contributed by atoms with Gasteiger partial charge in [0.05, 0.1) is 6.61 Å². The zero-order valence-corrected chi connectivity index (χ0v) is 13.5. The van der Waals surface area contributed by atoms with E-state index < -0.39 is 0 Å². The van der Waals surface area contributed by atoms with Crippen molar-refractivity contribution in [2.45, 2.75) is 33.2 Å². The molecule has 1 aromatic rings. The predicted octanol–water partition coefficient (Wildman–Crippen LogP) is 2.86. The average Bonchev–Trinajstić information content (AvgIpc) is 2.81. The third-order valence-corrected chi connectivity index (χ3v) is 3.84. The number of benzene rings is 1. The van der Waals surface area contributed by atoms with Crippen molar-refractivity contribution in [2.24, 2.45) is 5.41 Å². The van der Waals surface area contributed by atoms with Gasteiger partial charge in [-0.3, -0.25) is 0 Å². The van der Waals surface area contributed by atoms with E-state index in [9.17, 15) is 0 Å². The average molecular weight is 276 g/mol. The fraction of sp³-hybridized carbons (Fsp3) is 0.647. The summed E-state index contributed by atoms with van der Waals surface area (Å²) < 4.78 is 5.57. The van der Waals surface area contributed by atoms with Gasteiger partial charge in [-0.05, 0) is 43.6 Å². The van der Waals surface area contributed by atoms with Gasteiger partial charge < -0.3 is 15.0 Å². The zero-order chi connectivity index (χ0) is 14.8. The maximum absolute atomic E-state index is 5.57. The number of rotatable bonds is 6. The van der Waals surface area contributed by atoms with Crippen LogP contribution in [0.15, 0.2) is 18.2 Å². The van der Waals surface area contributed by atoms with E-state index in [1.807, 2.05) is 0 Å². The second-order valence-corrected chi connectivity index (χ2v) is 6.97. The molecule has 0 radical (unpaired) electrons. The monoisotopic (exact) mass is 276 g/mol. The Bertz CT molecular complexity index is 454. The number of hydrogen-bond donors (Lipinski definition) is 1. The van der Waals surface area contributed by atoms with Crippen LogP contribution in [0.5, 0.6) is 5.75 Å². The van der Waals surface area contributed by atoms with Gasteiger partial charge in [-0.15, -0.1) is 0 Å². The number of ether oxygens (including phenoxy) is 1. The molecule has 112 valence electrons. The van der Waals surface area contributed by atoms with Crippen LogP contribution in [0, 0.1) is 5.41 Å². The lowest BCUT2D eigenvalue weighted by Crippen LogP contribution is -2.38. The third kappa shape index (κ3) is 3.97. The first-order valence-corrected chi connectivity index (χ1v) is 7.51. The first kappa shape index (κ1) is 15.3. The lowest BCUT2D eigenvalue weighted by Gasteiger charge is -2.30. The van der Waals surface area contributed by atoms with E-state index in [0.29, 0.717) is 6.04 Å². The second-order valence-electron chi connectivity index (χ2n) is 6.97. The van der Waals surface area contributed by atoms with E-state index in [2.05, 4.69) is 63.3 Å². The summed E-state index contributed by atoms with van der Waals surface area (Å²) in [4.78, 5) is 2.25. The maximum Gasteiger partial charge on any atom is 0.122 e. The lowest BCUT2D eigenvalue weighted by molar-refractivity contribution is 0.227. The highest BCUT2D eigenvalue weighted by molar-refractivity contribution is 5.40. The highest BCUT2D eigenvalue weighted by Gasteiger charge is 2.20. The summed E-state index contributed by atoms with van der Waals surface area (Å²) in [5, 5.41) is 3.67. The Balaban J connectivity index is 1.93. The molecule has 0 saturated carbocycles. The molecule has 0 amide bonds. The van der Waals surface area contributed by atoms with Crippen molar-refractivity contribution < 1.29 is 4.74 Å². The van der Waals surface area contributed by atoms with Crippen molar-refractivity contribution >= 4 is 0 Å². The molecular formula is C17H28N2O. The van der Waals surface area contributed by atoms with Gasteiger partial charge in [0.1, 0.15) is 5.75 Å². The molecule has 1 atom stereocenters. The molecule has 1 aliphatic rings. The molecule has 2 rings (SSSR count). The first-order chi connectivity index (χ1) is 9.37. The van der Waals surface area contributed by atoms with Crippen molar-refractivity contribution in [3.8, 4) is 5.75 Å². The number of hydrogen-bond acceptors (Lipinski definition) is 3. The van der Waals surface area contributed by atoms with Crippen LogP contribution in [0.4, 0.5) is 0 Å². The molecule has 0 aliphatic carbocycles. The van der Waals surface area contributed by atoms with Crippen LogP contribution in [0.25, 0.3) is 0 Å². The molecule has 1 aromatic carbocycles. The van der Waals surface area contributed by atoms with Crippen LogP contribution < -0.4 is 10.1 Å². The minimum Gasteiger partial charge on any atom is -0.493 e. The van der Waals surface area contributed by atoms with Crippen LogP contribution in [0.2, 0.25) is 0 Å². The Morgan fingerprint density at radius 1 is 1.35 bits per heavy atom. The maximum atomic E-state index is 5.57. The van der Waals surface area contributed by atoms with Crippen molar-refractivity contribution in [1.29, 1.82) is 0 Å². The molecular weight excluding hydrogens is 248 g/mol. The fourth-order valence-corrected chi connectivity index (χ4v) is 2.94. The van der Waals surface area contributed by atoms with Gasteiger partial charge in [0.2, 0.25) is 0 Å². The van der Waals surface area contributed by atoms with Gasteiger partial charge in [0, 0.05) is 25.6 Å². The molecule has 1 aliphatic heterocycles. The minimum atomic E-state index is 0.275. The van der Waals surface area contributed by atoms with Gasteiger partial charge in [0.25, 0.3) is 0 Å². The summed E-state index contributed by atoms with van der Waals surface area (Å²) >= 11 is 0. The van der Waals surface area contributed by atoms with E-state index in [1.54, 1.807) is 0 Å². The molecule has 0 spiro atoms. The summed E-state index contributed by atoms with van der Waals surface area (Å²) in [6.07, 6.45) is 1.04. The smallest absolute Gasteiger partial charge is 0.122 e. The molecule has 3 heteroatoms. The van der Waals surface area contributed by atoms with E-state index >= 15 is 0 Å². The third-order valence-electron chi connectivity index (χ3n) is 3.84. The highest BCUT2D eigenvalue weighted by Crippen LogP contribution is 2.28. The van der Waals surface area contributed by atoms with Gasteiger partial charge in [0.15, 0.2) is 0 Å². The standard InChI is InChI=1S/C17H28N2O/c1-13(18-11-17(2,3)12-19(4)5)14-6-7-16-15(10-14)8-9-20-16/h6-7,10,13,18H,8-9,11-12H2,1-5H3. The van der Waals surface area contributed by atoms with E-state index in [0.717, 1.165) is 31.9 Å². The molecule has 0 fully saturated rings. The first-order valence-electron chi connectivity index (χ1n) is 7.51. The van der Waals surface area contributed by atoms with Crippen molar-refractivity contribution in [3.63, 3.8) is 0 Å². The quantitative estimate of drug-likeness (QED) is 0.864. The zero-order valence-electron chi connectivity index (χ0n) is 13.5. The second kappa shape index (κ2) is 6.15.